The van der Waals surface area contributed by atoms with E-state index in [1.54, 1.807) is 52.7 Å². The highest BCUT2D eigenvalue weighted by atomic mass is 35.5. The van der Waals surface area contributed by atoms with Crippen LogP contribution in [0.15, 0.2) is 54.6 Å². The molecule has 1 fully saturated rings. The first-order chi connectivity index (χ1) is 17.7. The summed E-state index contributed by atoms with van der Waals surface area (Å²) in [5.74, 6) is 1.69. The second kappa shape index (κ2) is 11.7. The fourth-order valence-corrected chi connectivity index (χ4v) is 4.47. The highest BCUT2D eigenvalue weighted by Crippen LogP contribution is 2.26. The molecular weight excluding hydrogens is 494 g/mol. The maximum absolute atomic E-state index is 13.3. The van der Waals surface area contributed by atoms with E-state index < -0.39 is 5.60 Å². The van der Waals surface area contributed by atoms with Crippen molar-refractivity contribution in [2.75, 3.05) is 33.4 Å². The zero-order chi connectivity index (χ0) is 26.4. The molecule has 1 saturated heterocycles. The Balaban J connectivity index is 1.49. The largest absolute Gasteiger partial charge is 0.490 e. The lowest BCUT2D eigenvalue weighted by molar-refractivity contribution is -0.166. The number of nitrogens with zero attached hydrogens (tertiary/aromatic N) is 5. The zero-order valence-electron chi connectivity index (χ0n) is 21.4. The third-order valence-corrected chi connectivity index (χ3v) is 6.58. The summed E-state index contributed by atoms with van der Waals surface area (Å²) in [6, 6.07) is 16.8. The van der Waals surface area contributed by atoms with Gasteiger partial charge in [-0.05, 0) is 43.7 Å². The predicted octanol–water partition coefficient (Wildman–Crippen LogP) is 3.27. The van der Waals surface area contributed by atoms with Gasteiger partial charge in [0.2, 0.25) is 11.8 Å². The minimum atomic E-state index is -1.01. The van der Waals surface area contributed by atoms with Gasteiger partial charge in [0.25, 0.3) is 0 Å². The van der Waals surface area contributed by atoms with Crippen LogP contribution in [0.5, 0.6) is 5.75 Å². The van der Waals surface area contributed by atoms with Crippen LogP contribution in [0.4, 0.5) is 0 Å². The van der Waals surface area contributed by atoms with Crippen molar-refractivity contribution in [3.8, 4) is 5.75 Å². The third kappa shape index (κ3) is 7.08. The van der Waals surface area contributed by atoms with Crippen molar-refractivity contribution in [1.82, 2.24) is 24.6 Å². The third-order valence-electron chi connectivity index (χ3n) is 6.33. The minimum Gasteiger partial charge on any atom is -0.490 e. The van der Waals surface area contributed by atoms with Crippen LogP contribution in [0.3, 0.4) is 0 Å². The molecule has 1 atom stereocenters. The Morgan fingerprint density at radius 2 is 1.86 bits per heavy atom. The molecule has 0 bridgehead atoms. The van der Waals surface area contributed by atoms with Crippen LogP contribution < -0.4 is 4.74 Å². The smallest absolute Gasteiger partial charge is 0.244 e. The van der Waals surface area contributed by atoms with Gasteiger partial charge in [-0.1, -0.05) is 41.9 Å². The maximum atomic E-state index is 13.3. The lowest BCUT2D eigenvalue weighted by Gasteiger charge is -2.42. The summed E-state index contributed by atoms with van der Waals surface area (Å²) in [6.45, 7) is 5.19. The Morgan fingerprint density at radius 1 is 1.14 bits per heavy atom. The average molecular weight is 526 g/mol. The number of carbonyl (C=O) groups excluding carboxylic acids is 2. The normalized spacial score (nSPS) is 17.5. The fourth-order valence-electron chi connectivity index (χ4n) is 4.34. The Morgan fingerprint density at radius 3 is 2.54 bits per heavy atom. The molecule has 0 saturated carbocycles. The van der Waals surface area contributed by atoms with Crippen molar-refractivity contribution in [2.24, 2.45) is 0 Å². The quantitative estimate of drug-likeness (QED) is 0.426. The fraction of sp³-hybridized carbons (Fsp3) is 0.407. The summed E-state index contributed by atoms with van der Waals surface area (Å²) in [4.78, 5) is 34.2. The van der Waals surface area contributed by atoms with Crippen LogP contribution >= 0.6 is 11.6 Å². The minimum absolute atomic E-state index is 0.0646. The SMILES string of the molecule is Cc1nc(C)n(CC(=O)N2CCOC(COc3ccc(Cl)cc3)(CC(=O)N(C)Cc3ccccc3)C2)n1. The molecule has 0 spiro atoms. The molecule has 1 aliphatic heterocycles. The molecule has 2 amide bonds. The summed E-state index contributed by atoms with van der Waals surface area (Å²) in [7, 11) is 1.77. The van der Waals surface area contributed by atoms with E-state index in [-0.39, 0.29) is 37.9 Å². The molecular formula is C27H32ClN5O4. The second-order valence-corrected chi connectivity index (χ2v) is 9.80. The molecule has 2 aromatic carbocycles. The van der Waals surface area contributed by atoms with Crippen molar-refractivity contribution in [2.45, 2.75) is 39.0 Å². The Bertz CT molecular complexity index is 1220. The zero-order valence-corrected chi connectivity index (χ0v) is 22.1. The average Bonchev–Trinajstić information content (AvgIpc) is 3.20. The first-order valence-electron chi connectivity index (χ1n) is 12.2. The van der Waals surface area contributed by atoms with E-state index in [4.69, 9.17) is 21.1 Å². The molecule has 196 valence electrons. The standard InChI is InChI=1S/C27H32ClN5O4/c1-20-29-21(2)33(30-20)17-26(35)32-13-14-37-27(18-32,19-36-24-11-9-23(28)10-12-24)15-25(34)31(3)16-22-7-5-4-6-8-22/h4-12H,13-19H2,1-3H3. The van der Waals surface area contributed by atoms with Crippen LogP contribution in [0.1, 0.15) is 23.6 Å². The molecule has 9 nitrogen and oxygen atoms in total. The van der Waals surface area contributed by atoms with E-state index in [0.717, 1.165) is 5.56 Å². The molecule has 0 aliphatic carbocycles. The van der Waals surface area contributed by atoms with Crippen molar-refractivity contribution in [3.05, 3.63) is 76.8 Å². The van der Waals surface area contributed by atoms with Gasteiger partial charge in [0, 0.05) is 25.2 Å². The van der Waals surface area contributed by atoms with Gasteiger partial charge in [-0.2, -0.15) is 5.10 Å². The van der Waals surface area contributed by atoms with Crippen LogP contribution in [0.2, 0.25) is 5.02 Å². The van der Waals surface area contributed by atoms with Crippen molar-refractivity contribution in [1.29, 1.82) is 0 Å². The molecule has 4 rings (SSSR count). The van der Waals surface area contributed by atoms with Gasteiger partial charge in [0.05, 0.1) is 19.6 Å². The number of hydrogen-bond acceptors (Lipinski definition) is 6. The van der Waals surface area contributed by atoms with Crippen LogP contribution in [-0.2, 0) is 27.4 Å². The van der Waals surface area contributed by atoms with E-state index >= 15 is 0 Å². The topological polar surface area (TPSA) is 89.8 Å². The molecule has 1 aliphatic rings. The molecule has 0 radical (unpaired) electrons. The molecule has 2 heterocycles. The molecule has 3 aromatic rings. The van der Waals surface area contributed by atoms with Gasteiger partial charge in [-0.15, -0.1) is 0 Å². The molecule has 37 heavy (non-hydrogen) atoms. The number of ether oxygens (including phenoxy) is 2. The van der Waals surface area contributed by atoms with E-state index in [1.165, 1.54) is 0 Å². The van der Waals surface area contributed by atoms with Gasteiger partial charge < -0.3 is 19.3 Å². The number of carbonyl (C=O) groups is 2. The number of benzene rings is 2. The summed E-state index contributed by atoms with van der Waals surface area (Å²) in [6.07, 6.45) is 0.0646. The molecule has 10 heteroatoms. The maximum Gasteiger partial charge on any atom is 0.244 e. The summed E-state index contributed by atoms with van der Waals surface area (Å²) in [5, 5.41) is 4.91. The van der Waals surface area contributed by atoms with Crippen molar-refractivity contribution >= 4 is 23.4 Å². The van der Waals surface area contributed by atoms with Crippen molar-refractivity contribution < 1.29 is 19.1 Å². The Labute approximate surface area is 221 Å². The first-order valence-corrected chi connectivity index (χ1v) is 12.6. The summed E-state index contributed by atoms with van der Waals surface area (Å²) < 4.78 is 13.9. The summed E-state index contributed by atoms with van der Waals surface area (Å²) in [5.41, 5.74) is 0.0211. The Hall–Kier alpha value is -3.43. The highest BCUT2D eigenvalue weighted by molar-refractivity contribution is 6.30. The number of halogens is 1. The summed E-state index contributed by atoms with van der Waals surface area (Å²) >= 11 is 6.00. The van der Waals surface area contributed by atoms with Gasteiger partial charge in [0.1, 0.15) is 36.2 Å². The van der Waals surface area contributed by atoms with Crippen LogP contribution in [-0.4, -0.2) is 75.3 Å². The molecule has 1 aromatic heterocycles. The number of rotatable bonds is 9. The van der Waals surface area contributed by atoms with Gasteiger partial charge in [-0.25, -0.2) is 9.67 Å². The van der Waals surface area contributed by atoms with Gasteiger partial charge in [-0.3, -0.25) is 9.59 Å². The second-order valence-electron chi connectivity index (χ2n) is 9.37. The molecule has 0 N–H and O–H groups in total. The van der Waals surface area contributed by atoms with Crippen LogP contribution in [0, 0.1) is 13.8 Å². The number of morpholine rings is 1. The highest BCUT2D eigenvalue weighted by Gasteiger charge is 2.42. The number of aryl methyl sites for hydroxylation is 2. The van der Waals surface area contributed by atoms with Gasteiger partial charge in [0.15, 0.2) is 0 Å². The monoisotopic (exact) mass is 525 g/mol. The van der Waals surface area contributed by atoms with Crippen LogP contribution in [0.25, 0.3) is 0 Å². The van der Waals surface area contributed by atoms with E-state index in [2.05, 4.69) is 10.1 Å². The lowest BCUT2D eigenvalue weighted by Crippen LogP contribution is -2.58. The Kier molecular flexibility index (Phi) is 8.45. The molecule has 1 unspecified atom stereocenters. The van der Waals surface area contributed by atoms with E-state index in [1.807, 2.05) is 37.3 Å². The predicted molar refractivity (Wildman–Crippen MR) is 139 cm³/mol. The number of hydrogen-bond donors (Lipinski definition) is 0. The first kappa shape index (κ1) is 26.6. The lowest BCUT2D eigenvalue weighted by atomic mass is 9.96. The van der Waals surface area contributed by atoms with E-state index in [9.17, 15) is 9.59 Å². The van der Waals surface area contributed by atoms with Crippen molar-refractivity contribution in [3.63, 3.8) is 0 Å². The van der Waals surface area contributed by atoms with Gasteiger partial charge >= 0.3 is 0 Å². The number of amides is 2. The number of aromatic nitrogens is 3. The van der Waals surface area contributed by atoms with E-state index in [0.29, 0.717) is 42.1 Å².